The minimum absolute atomic E-state index is 0.159. The second-order valence-corrected chi connectivity index (χ2v) is 8.14. The van der Waals surface area contributed by atoms with Crippen LogP contribution in [0.4, 0.5) is 4.79 Å². The molecule has 0 aliphatic carbocycles. The predicted octanol–water partition coefficient (Wildman–Crippen LogP) is 3.32. The van der Waals surface area contributed by atoms with Crippen molar-refractivity contribution in [3.8, 4) is 0 Å². The molecule has 0 saturated carbocycles. The van der Waals surface area contributed by atoms with Crippen molar-refractivity contribution in [2.45, 2.75) is 96.6 Å². The van der Waals surface area contributed by atoms with Gasteiger partial charge in [0.15, 0.2) is 0 Å². The van der Waals surface area contributed by atoms with E-state index in [2.05, 4.69) is 19.2 Å². The summed E-state index contributed by atoms with van der Waals surface area (Å²) in [5, 5.41) is 3.66. The summed E-state index contributed by atoms with van der Waals surface area (Å²) < 4.78 is 11.3. The molecule has 5 nitrogen and oxygen atoms in total. The molecule has 2 saturated heterocycles. The van der Waals surface area contributed by atoms with Crippen LogP contribution < -0.4 is 5.32 Å². The number of hydrogen-bond acceptors (Lipinski definition) is 4. The van der Waals surface area contributed by atoms with Gasteiger partial charge < -0.3 is 19.7 Å². The summed E-state index contributed by atoms with van der Waals surface area (Å²) in [7, 11) is 0. The number of rotatable bonds is 4. The first kappa shape index (κ1) is 18.5. The molecule has 0 radical (unpaired) electrons. The van der Waals surface area contributed by atoms with Crippen molar-refractivity contribution in [2.24, 2.45) is 0 Å². The molecule has 2 heterocycles. The largest absolute Gasteiger partial charge is 0.444 e. The molecule has 1 N–H and O–H groups in total. The van der Waals surface area contributed by atoms with Crippen LogP contribution in [-0.4, -0.2) is 54.0 Å². The monoisotopic (exact) mass is 326 g/mol. The third-order valence-corrected chi connectivity index (χ3v) is 4.61. The number of likely N-dealkylation sites (tertiary alicyclic amines) is 1. The Morgan fingerprint density at radius 3 is 2.52 bits per heavy atom. The molecule has 23 heavy (non-hydrogen) atoms. The van der Waals surface area contributed by atoms with Crippen LogP contribution in [0.2, 0.25) is 0 Å². The number of nitrogens with zero attached hydrogens (tertiary/aromatic N) is 1. The average molecular weight is 326 g/mol. The van der Waals surface area contributed by atoms with Gasteiger partial charge >= 0.3 is 6.09 Å². The van der Waals surface area contributed by atoms with Crippen LogP contribution in [0.5, 0.6) is 0 Å². The van der Waals surface area contributed by atoms with Crippen molar-refractivity contribution in [1.82, 2.24) is 10.2 Å². The summed E-state index contributed by atoms with van der Waals surface area (Å²) in [4.78, 5) is 14.2. The van der Waals surface area contributed by atoms with E-state index in [1.54, 1.807) is 0 Å². The fraction of sp³-hybridized carbons (Fsp3) is 0.944. The maximum atomic E-state index is 12.3. The summed E-state index contributed by atoms with van der Waals surface area (Å²) in [5.74, 6) is 0. The lowest BCUT2D eigenvalue weighted by molar-refractivity contribution is -0.0421. The van der Waals surface area contributed by atoms with Crippen LogP contribution in [0.3, 0.4) is 0 Å². The zero-order chi connectivity index (χ0) is 17.0. The fourth-order valence-electron chi connectivity index (χ4n) is 3.72. The predicted molar refractivity (Wildman–Crippen MR) is 91.6 cm³/mol. The van der Waals surface area contributed by atoms with Crippen molar-refractivity contribution >= 4 is 6.09 Å². The van der Waals surface area contributed by atoms with E-state index in [1.807, 2.05) is 25.7 Å². The Morgan fingerprint density at radius 1 is 1.26 bits per heavy atom. The molecule has 2 rings (SSSR count). The minimum Gasteiger partial charge on any atom is -0.444 e. The van der Waals surface area contributed by atoms with Gasteiger partial charge in [-0.3, -0.25) is 0 Å². The SMILES string of the molecule is CC1CC(NCCC2CCCN2C(=O)OC(C)(C)C)CC(C)O1. The van der Waals surface area contributed by atoms with Gasteiger partial charge in [-0.1, -0.05) is 0 Å². The number of nitrogens with one attached hydrogen (secondary N) is 1. The first-order valence-corrected chi connectivity index (χ1v) is 9.13. The molecule has 2 aliphatic heterocycles. The van der Waals surface area contributed by atoms with Crippen LogP contribution in [0.15, 0.2) is 0 Å². The van der Waals surface area contributed by atoms with Crippen molar-refractivity contribution in [2.75, 3.05) is 13.1 Å². The van der Waals surface area contributed by atoms with E-state index in [4.69, 9.17) is 9.47 Å². The lowest BCUT2D eigenvalue weighted by Crippen LogP contribution is -2.44. The summed E-state index contributed by atoms with van der Waals surface area (Å²) in [6.07, 6.45) is 5.82. The highest BCUT2D eigenvalue weighted by molar-refractivity contribution is 5.68. The Balaban J connectivity index is 1.75. The van der Waals surface area contributed by atoms with E-state index in [0.29, 0.717) is 24.3 Å². The van der Waals surface area contributed by atoms with Crippen molar-refractivity contribution < 1.29 is 14.3 Å². The van der Waals surface area contributed by atoms with Crippen LogP contribution >= 0.6 is 0 Å². The fourth-order valence-corrected chi connectivity index (χ4v) is 3.72. The molecule has 134 valence electrons. The molecule has 3 atom stereocenters. The van der Waals surface area contributed by atoms with Gasteiger partial charge in [-0.15, -0.1) is 0 Å². The molecule has 1 amide bonds. The summed E-state index contributed by atoms with van der Waals surface area (Å²) in [6.45, 7) is 11.8. The second-order valence-electron chi connectivity index (χ2n) is 8.14. The number of hydrogen-bond donors (Lipinski definition) is 1. The Hall–Kier alpha value is -0.810. The van der Waals surface area contributed by atoms with Crippen LogP contribution in [-0.2, 0) is 9.47 Å². The Bertz CT molecular complexity index is 384. The maximum Gasteiger partial charge on any atom is 0.410 e. The number of amides is 1. The van der Waals surface area contributed by atoms with E-state index in [9.17, 15) is 4.79 Å². The molecule has 0 bridgehead atoms. The molecular weight excluding hydrogens is 292 g/mol. The summed E-state index contributed by atoms with van der Waals surface area (Å²) in [5.41, 5.74) is -0.420. The Morgan fingerprint density at radius 2 is 1.91 bits per heavy atom. The maximum absolute atomic E-state index is 12.3. The molecule has 0 aromatic rings. The van der Waals surface area contributed by atoms with Crippen molar-refractivity contribution in [1.29, 1.82) is 0 Å². The van der Waals surface area contributed by atoms with E-state index in [-0.39, 0.29) is 6.09 Å². The smallest absolute Gasteiger partial charge is 0.410 e. The molecule has 0 aromatic heterocycles. The molecule has 0 spiro atoms. The molecule has 0 aromatic carbocycles. The summed E-state index contributed by atoms with van der Waals surface area (Å²) >= 11 is 0. The highest BCUT2D eigenvalue weighted by atomic mass is 16.6. The molecular formula is C18H34N2O3. The number of ether oxygens (including phenoxy) is 2. The van der Waals surface area contributed by atoms with E-state index in [0.717, 1.165) is 45.2 Å². The van der Waals surface area contributed by atoms with Gasteiger partial charge in [-0.05, 0) is 73.3 Å². The summed E-state index contributed by atoms with van der Waals surface area (Å²) in [6, 6.07) is 0.845. The quantitative estimate of drug-likeness (QED) is 0.861. The van der Waals surface area contributed by atoms with E-state index < -0.39 is 5.60 Å². The van der Waals surface area contributed by atoms with E-state index in [1.165, 1.54) is 0 Å². The van der Waals surface area contributed by atoms with Crippen LogP contribution in [0.25, 0.3) is 0 Å². The number of carbonyl (C=O) groups excluding carboxylic acids is 1. The van der Waals surface area contributed by atoms with Gasteiger partial charge in [0.05, 0.1) is 12.2 Å². The first-order valence-electron chi connectivity index (χ1n) is 9.13. The standard InChI is InChI=1S/C18H34N2O3/c1-13-11-15(12-14(2)22-13)19-9-8-16-7-6-10-20(16)17(21)23-18(3,4)5/h13-16,19H,6-12H2,1-5H3. The van der Waals surface area contributed by atoms with Gasteiger partial charge in [0.1, 0.15) is 5.60 Å². The minimum atomic E-state index is -0.420. The topological polar surface area (TPSA) is 50.8 Å². The third-order valence-electron chi connectivity index (χ3n) is 4.61. The van der Waals surface area contributed by atoms with Crippen LogP contribution in [0, 0.1) is 0 Å². The zero-order valence-corrected chi connectivity index (χ0v) is 15.4. The van der Waals surface area contributed by atoms with Crippen molar-refractivity contribution in [3.63, 3.8) is 0 Å². The van der Waals surface area contributed by atoms with Gasteiger partial charge in [-0.2, -0.15) is 0 Å². The Kier molecular flexibility index (Phi) is 6.32. The van der Waals surface area contributed by atoms with Crippen LogP contribution in [0.1, 0.15) is 66.7 Å². The highest BCUT2D eigenvalue weighted by Crippen LogP contribution is 2.23. The van der Waals surface area contributed by atoms with Crippen molar-refractivity contribution in [3.05, 3.63) is 0 Å². The average Bonchev–Trinajstić information content (AvgIpc) is 2.84. The lowest BCUT2D eigenvalue weighted by Gasteiger charge is -2.33. The zero-order valence-electron chi connectivity index (χ0n) is 15.4. The van der Waals surface area contributed by atoms with E-state index >= 15 is 0 Å². The second kappa shape index (κ2) is 7.84. The van der Waals surface area contributed by atoms with Gasteiger partial charge in [0.2, 0.25) is 0 Å². The molecule has 5 heteroatoms. The Labute approximate surface area is 141 Å². The molecule has 3 unspecified atom stereocenters. The van der Waals surface area contributed by atoms with Gasteiger partial charge in [0.25, 0.3) is 0 Å². The van der Waals surface area contributed by atoms with Gasteiger partial charge in [0, 0.05) is 18.6 Å². The highest BCUT2D eigenvalue weighted by Gasteiger charge is 2.32. The normalized spacial score (nSPS) is 32.1. The molecule has 2 aliphatic rings. The number of carbonyl (C=O) groups is 1. The first-order chi connectivity index (χ1) is 10.7. The molecule has 2 fully saturated rings. The third kappa shape index (κ3) is 5.96. The lowest BCUT2D eigenvalue weighted by atomic mass is 9.99. The van der Waals surface area contributed by atoms with Gasteiger partial charge in [-0.25, -0.2) is 4.79 Å².